The van der Waals surface area contributed by atoms with Gasteiger partial charge in [-0.2, -0.15) is 0 Å². The summed E-state index contributed by atoms with van der Waals surface area (Å²) < 4.78 is 0.102. The summed E-state index contributed by atoms with van der Waals surface area (Å²) in [6, 6.07) is 5.39. The SMILES string of the molecule is CC(C)CC(=O)N[C@@H](NC(=S)N1C[C@H]2C[C@H](C1)c1cccc(=O)n1C2)C(Cl)(Cl)Cl. The monoisotopic (exact) mass is 478 g/mol. The van der Waals surface area contributed by atoms with Crippen LogP contribution in [0.15, 0.2) is 23.0 Å². The van der Waals surface area contributed by atoms with Gasteiger partial charge in [-0.25, -0.2) is 0 Å². The van der Waals surface area contributed by atoms with Gasteiger partial charge in [-0.15, -0.1) is 0 Å². The molecule has 0 unspecified atom stereocenters. The molecule has 0 saturated carbocycles. The van der Waals surface area contributed by atoms with Gasteiger partial charge >= 0.3 is 0 Å². The van der Waals surface area contributed by atoms with Gasteiger partial charge in [0.2, 0.25) is 9.70 Å². The van der Waals surface area contributed by atoms with Gasteiger partial charge in [0.1, 0.15) is 6.17 Å². The predicted octanol–water partition coefficient (Wildman–Crippen LogP) is 3.00. The molecule has 1 saturated heterocycles. The van der Waals surface area contributed by atoms with E-state index in [1.54, 1.807) is 12.1 Å². The number of aromatic nitrogens is 1. The highest BCUT2D eigenvalue weighted by molar-refractivity contribution is 7.80. The molecule has 3 rings (SSSR count). The predicted molar refractivity (Wildman–Crippen MR) is 121 cm³/mol. The molecule has 2 N–H and O–H groups in total. The Morgan fingerprint density at radius 3 is 2.62 bits per heavy atom. The number of piperidine rings is 1. The Bertz CT molecular complexity index is 839. The van der Waals surface area contributed by atoms with Crippen LogP contribution in [0.25, 0.3) is 0 Å². The van der Waals surface area contributed by atoms with Crippen LogP contribution >= 0.6 is 47.0 Å². The van der Waals surface area contributed by atoms with Crippen LogP contribution in [0.4, 0.5) is 0 Å². The standard InChI is InChI=1S/C19H25Cl3N4O2S/c1-11(2)6-15(27)23-17(19(20,21)22)24-18(29)25-8-12-7-13(10-25)14-4-3-5-16(28)26(14)9-12/h3-5,11-13,17H,6-10H2,1-2H3,(H,23,27)(H,24,29)/t12-,13-,17+/m1/s1. The first-order valence-electron chi connectivity index (χ1n) is 9.66. The molecule has 6 nitrogen and oxygen atoms in total. The fourth-order valence-corrected chi connectivity index (χ4v) is 4.66. The number of amides is 1. The smallest absolute Gasteiger partial charge is 0.250 e. The average molecular weight is 480 g/mol. The molecule has 0 aliphatic carbocycles. The molecule has 1 aromatic heterocycles. The maximum Gasteiger partial charge on any atom is 0.250 e. The molecule has 3 heterocycles. The van der Waals surface area contributed by atoms with E-state index in [-0.39, 0.29) is 23.3 Å². The van der Waals surface area contributed by atoms with Gasteiger partial charge in [-0.05, 0) is 36.5 Å². The third-order valence-corrected chi connectivity index (χ3v) is 6.29. The van der Waals surface area contributed by atoms with Gasteiger partial charge in [-0.1, -0.05) is 54.7 Å². The van der Waals surface area contributed by atoms with Crippen LogP contribution in [0.5, 0.6) is 0 Å². The number of rotatable bonds is 4. The highest BCUT2D eigenvalue weighted by Crippen LogP contribution is 2.35. The van der Waals surface area contributed by atoms with E-state index in [1.165, 1.54) is 0 Å². The molecule has 1 amide bonds. The van der Waals surface area contributed by atoms with Crippen LogP contribution in [-0.2, 0) is 11.3 Å². The van der Waals surface area contributed by atoms with E-state index in [4.69, 9.17) is 47.0 Å². The van der Waals surface area contributed by atoms with Crippen LogP contribution < -0.4 is 16.2 Å². The summed E-state index contributed by atoms with van der Waals surface area (Å²) in [5, 5.41) is 6.17. The second kappa shape index (κ2) is 9.00. The van der Waals surface area contributed by atoms with E-state index in [2.05, 4.69) is 10.6 Å². The molecule has 29 heavy (non-hydrogen) atoms. The number of likely N-dealkylation sites (tertiary alicyclic amines) is 1. The van der Waals surface area contributed by atoms with Gasteiger partial charge in [-0.3, -0.25) is 9.59 Å². The molecule has 1 aromatic rings. The van der Waals surface area contributed by atoms with Crippen LogP contribution in [0, 0.1) is 11.8 Å². The highest BCUT2D eigenvalue weighted by Gasteiger charge is 2.38. The van der Waals surface area contributed by atoms with Crippen LogP contribution in [0.3, 0.4) is 0 Å². The lowest BCUT2D eigenvalue weighted by atomic mass is 9.83. The minimum atomic E-state index is -1.76. The first-order valence-corrected chi connectivity index (χ1v) is 11.2. The lowest BCUT2D eigenvalue weighted by molar-refractivity contribution is -0.122. The number of carbonyl (C=O) groups is 1. The first-order chi connectivity index (χ1) is 13.5. The second-order valence-corrected chi connectivity index (χ2v) is 10.9. The van der Waals surface area contributed by atoms with Crippen molar-refractivity contribution in [3.05, 3.63) is 34.2 Å². The minimum absolute atomic E-state index is 0.0375. The number of alkyl halides is 3. The van der Waals surface area contributed by atoms with Gasteiger partial charge in [0.15, 0.2) is 5.11 Å². The molecule has 2 aliphatic rings. The Morgan fingerprint density at radius 2 is 1.97 bits per heavy atom. The molecule has 0 aromatic carbocycles. The van der Waals surface area contributed by atoms with Crippen molar-refractivity contribution in [2.75, 3.05) is 13.1 Å². The van der Waals surface area contributed by atoms with Crippen molar-refractivity contribution in [3.8, 4) is 0 Å². The lowest BCUT2D eigenvalue weighted by Gasteiger charge is -2.44. The van der Waals surface area contributed by atoms with Crippen molar-refractivity contribution in [1.82, 2.24) is 20.1 Å². The second-order valence-electron chi connectivity index (χ2n) is 8.19. The summed E-state index contributed by atoms with van der Waals surface area (Å²) in [7, 11) is 0. The van der Waals surface area contributed by atoms with Crippen molar-refractivity contribution < 1.29 is 4.79 Å². The quantitative estimate of drug-likeness (QED) is 0.395. The summed E-state index contributed by atoms with van der Waals surface area (Å²) in [5.74, 6) is 0.485. The third-order valence-electron chi connectivity index (χ3n) is 5.26. The molecule has 0 radical (unpaired) electrons. The van der Waals surface area contributed by atoms with E-state index >= 15 is 0 Å². The summed E-state index contributed by atoms with van der Waals surface area (Å²) in [4.78, 5) is 26.4. The van der Waals surface area contributed by atoms with Crippen LogP contribution in [0.2, 0.25) is 0 Å². The average Bonchev–Trinajstić information content (AvgIpc) is 2.60. The molecular formula is C19H25Cl3N4O2S. The zero-order valence-corrected chi connectivity index (χ0v) is 19.4. The largest absolute Gasteiger partial charge is 0.348 e. The minimum Gasteiger partial charge on any atom is -0.348 e. The van der Waals surface area contributed by atoms with Crippen molar-refractivity contribution >= 4 is 58.0 Å². The topological polar surface area (TPSA) is 66.4 Å². The molecule has 0 spiro atoms. The highest BCUT2D eigenvalue weighted by atomic mass is 35.6. The number of fused-ring (bicyclic) bond motifs is 4. The molecule has 3 atom stereocenters. The number of carbonyl (C=O) groups excluding carboxylic acids is 1. The van der Waals surface area contributed by atoms with Crippen molar-refractivity contribution in [2.24, 2.45) is 11.8 Å². The Balaban J connectivity index is 1.70. The Labute approximate surface area is 190 Å². The number of pyridine rings is 1. The fraction of sp³-hybridized carbons (Fsp3) is 0.632. The van der Waals surface area contributed by atoms with E-state index in [0.29, 0.717) is 37.1 Å². The van der Waals surface area contributed by atoms with Gasteiger partial charge < -0.3 is 20.1 Å². The fourth-order valence-electron chi connectivity index (χ4n) is 4.07. The van der Waals surface area contributed by atoms with Gasteiger partial charge in [0.25, 0.3) is 5.56 Å². The number of hydrogen-bond acceptors (Lipinski definition) is 3. The van der Waals surface area contributed by atoms with Gasteiger partial charge in [0.05, 0.1) is 0 Å². The zero-order valence-electron chi connectivity index (χ0n) is 16.3. The molecule has 10 heteroatoms. The van der Waals surface area contributed by atoms with Crippen molar-refractivity contribution in [3.63, 3.8) is 0 Å². The van der Waals surface area contributed by atoms with Crippen molar-refractivity contribution in [1.29, 1.82) is 0 Å². The van der Waals surface area contributed by atoms with E-state index in [9.17, 15) is 9.59 Å². The van der Waals surface area contributed by atoms with Crippen LogP contribution in [-0.4, -0.2) is 43.5 Å². The van der Waals surface area contributed by atoms with Crippen LogP contribution in [0.1, 0.15) is 38.3 Å². The number of nitrogens with zero attached hydrogens (tertiary/aromatic N) is 2. The normalized spacial score (nSPS) is 22.1. The van der Waals surface area contributed by atoms with Gasteiger partial charge in [0, 0.05) is 43.7 Å². The number of nitrogens with one attached hydrogen (secondary N) is 2. The maximum absolute atomic E-state index is 12.2. The number of thiocarbonyl (C=S) groups is 1. The third kappa shape index (κ3) is 5.57. The number of halogens is 3. The number of hydrogen-bond donors (Lipinski definition) is 2. The summed E-state index contributed by atoms with van der Waals surface area (Å²) in [6.45, 7) is 5.92. The van der Waals surface area contributed by atoms with E-state index < -0.39 is 9.96 Å². The van der Waals surface area contributed by atoms with Crippen molar-refractivity contribution in [2.45, 2.75) is 49.1 Å². The lowest BCUT2D eigenvalue weighted by Crippen LogP contribution is -2.60. The first kappa shape index (κ1) is 22.7. The Kier molecular flexibility index (Phi) is 7.03. The summed E-state index contributed by atoms with van der Waals surface area (Å²) in [5.41, 5.74) is 1.07. The Hall–Kier alpha value is -1.02. The molecule has 1 fully saturated rings. The Morgan fingerprint density at radius 1 is 1.24 bits per heavy atom. The summed E-state index contributed by atoms with van der Waals surface area (Å²) in [6.07, 6.45) is 0.398. The van der Waals surface area contributed by atoms with E-state index in [1.807, 2.05) is 29.4 Å². The molecule has 2 aliphatic heterocycles. The maximum atomic E-state index is 12.2. The zero-order chi connectivity index (χ0) is 21.3. The molecular weight excluding hydrogens is 455 g/mol. The van der Waals surface area contributed by atoms with E-state index in [0.717, 1.165) is 12.1 Å². The molecule has 2 bridgehead atoms. The molecule has 160 valence electrons. The summed E-state index contributed by atoms with van der Waals surface area (Å²) >= 11 is 23.8.